The van der Waals surface area contributed by atoms with E-state index in [1.54, 1.807) is 30.3 Å². The number of thiophene rings is 1. The van der Waals surface area contributed by atoms with Crippen LogP contribution in [0.25, 0.3) is 10.2 Å². The van der Waals surface area contributed by atoms with E-state index >= 15 is 0 Å². The average molecular weight is 411 g/mol. The summed E-state index contributed by atoms with van der Waals surface area (Å²) in [6.07, 6.45) is 0. The third kappa shape index (κ3) is 3.49. The number of benzene rings is 2. The fourth-order valence-electron chi connectivity index (χ4n) is 2.74. The molecule has 0 radical (unpaired) electrons. The van der Waals surface area contributed by atoms with Crippen molar-refractivity contribution in [2.24, 2.45) is 0 Å². The molecule has 0 aliphatic heterocycles. The van der Waals surface area contributed by atoms with Crippen molar-refractivity contribution in [3.63, 3.8) is 0 Å². The van der Waals surface area contributed by atoms with Gasteiger partial charge in [-0.3, -0.25) is 14.7 Å². The fraction of sp³-hybridized carbons (Fsp3) is 0.0500. The van der Waals surface area contributed by atoms with Crippen molar-refractivity contribution in [2.75, 3.05) is 10.6 Å². The second kappa shape index (κ2) is 7.46. The van der Waals surface area contributed by atoms with Crippen molar-refractivity contribution in [1.82, 2.24) is 10.2 Å². The number of rotatable bonds is 4. The van der Waals surface area contributed by atoms with Crippen molar-refractivity contribution >= 4 is 56.5 Å². The molecule has 0 saturated carbocycles. The number of aryl methyl sites for hydroxylation is 1. The van der Waals surface area contributed by atoms with E-state index in [1.165, 1.54) is 11.3 Å². The van der Waals surface area contributed by atoms with Gasteiger partial charge in [-0.1, -0.05) is 41.9 Å². The zero-order valence-electron chi connectivity index (χ0n) is 14.7. The molecule has 0 atom stereocenters. The molecule has 4 aromatic rings. The Labute approximate surface area is 169 Å². The molecule has 0 spiro atoms. The predicted molar refractivity (Wildman–Crippen MR) is 113 cm³/mol. The van der Waals surface area contributed by atoms with Gasteiger partial charge in [0.2, 0.25) is 0 Å². The summed E-state index contributed by atoms with van der Waals surface area (Å²) in [6.45, 7) is 1.93. The summed E-state index contributed by atoms with van der Waals surface area (Å²) in [5.41, 5.74) is 2.09. The first-order valence-electron chi connectivity index (χ1n) is 8.43. The minimum Gasteiger partial charge on any atom is -0.321 e. The van der Waals surface area contributed by atoms with Crippen molar-refractivity contribution in [3.8, 4) is 0 Å². The van der Waals surface area contributed by atoms with Crippen LogP contribution in [0.2, 0.25) is 5.02 Å². The lowest BCUT2D eigenvalue weighted by Crippen LogP contribution is -2.13. The number of aromatic nitrogens is 2. The first-order valence-corrected chi connectivity index (χ1v) is 9.63. The Morgan fingerprint density at radius 3 is 2.57 bits per heavy atom. The molecule has 0 aliphatic rings. The molecule has 0 unspecified atom stereocenters. The molecule has 3 N–H and O–H groups in total. The molecule has 8 heteroatoms. The van der Waals surface area contributed by atoms with Crippen molar-refractivity contribution in [1.29, 1.82) is 0 Å². The highest BCUT2D eigenvalue weighted by Crippen LogP contribution is 2.30. The molecular formula is C20H15ClN4O2S. The lowest BCUT2D eigenvalue weighted by molar-refractivity contribution is 0.102. The quantitative estimate of drug-likeness (QED) is 0.438. The predicted octanol–water partition coefficient (Wildman–Crippen LogP) is 5.09. The van der Waals surface area contributed by atoms with E-state index in [4.69, 9.17) is 11.6 Å². The monoisotopic (exact) mass is 410 g/mol. The maximum atomic E-state index is 12.6. The number of nitrogens with one attached hydrogen (secondary N) is 3. The number of nitrogens with zero attached hydrogens (tertiary/aromatic N) is 1. The van der Waals surface area contributed by atoms with Gasteiger partial charge in [-0.05, 0) is 36.8 Å². The van der Waals surface area contributed by atoms with E-state index in [0.29, 0.717) is 31.5 Å². The first kappa shape index (κ1) is 18.2. The topological polar surface area (TPSA) is 86.9 Å². The molecule has 2 heterocycles. The Hall–Kier alpha value is -3.16. The summed E-state index contributed by atoms with van der Waals surface area (Å²) in [7, 11) is 0. The maximum absolute atomic E-state index is 12.6. The second-order valence-corrected chi connectivity index (χ2v) is 7.59. The number of carbonyl (C=O) groups is 2. The minimum absolute atomic E-state index is 0.215. The number of aromatic amines is 1. The highest BCUT2D eigenvalue weighted by molar-refractivity contribution is 7.20. The summed E-state index contributed by atoms with van der Waals surface area (Å²) >= 11 is 7.34. The number of para-hydroxylation sites is 1. The van der Waals surface area contributed by atoms with E-state index in [2.05, 4.69) is 20.8 Å². The molecule has 2 amide bonds. The highest BCUT2D eigenvalue weighted by Gasteiger charge is 2.18. The van der Waals surface area contributed by atoms with E-state index in [-0.39, 0.29) is 11.8 Å². The number of fused-ring (bicyclic) bond motifs is 1. The van der Waals surface area contributed by atoms with Crippen LogP contribution in [0.1, 0.15) is 25.6 Å². The average Bonchev–Trinajstić information content (AvgIpc) is 3.26. The summed E-state index contributed by atoms with van der Waals surface area (Å²) in [5, 5.41) is 13.6. The second-order valence-electron chi connectivity index (χ2n) is 6.13. The van der Waals surface area contributed by atoms with Gasteiger partial charge in [-0.15, -0.1) is 11.3 Å². The van der Waals surface area contributed by atoms with E-state index < -0.39 is 0 Å². The Morgan fingerprint density at radius 2 is 1.79 bits per heavy atom. The number of carbonyl (C=O) groups excluding carboxylic acids is 2. The molecule has 0 fully saturated rings. The SMILES string of the molecule is Cc1ccccc1NC(=O)c1cc2c(NC(=O)c3ccccc3Cl)n[nH]c2s1. The lowest BCUT2D eigenvalue weighted by atomic mass is 10.2. The van der Waals surface area contributed by atoms with Gasteiger partial charge in [0.25, 0.3) is 11.8 Å². The van der Waals surface area contributed by atoms with Gasteiger partial charge in [0.15, 0.2) is 5.82 Å². The van der Waals surface area contributed by atoms with Crippen molar-refractivity contribution < 1.29 is 9.59 Å². The van der Waals surface area contributed by atoms with Crippen LogP contribution >= 0.6 is 22.9 Å². The summed E-state index contributed by atoms with van der Waals surface area (Å²) < 4.78 is 0. The Kier molecular flexibility index (Phi) is 4.85. The molecule has 0 aliphatic carbocycles. The number of amides is 2. The smallest absolute Gasteiger partial charge is 0.265 e. The van der Waals surface area contributed by atoms with Crippen LogP contribution < -0.4 is 10.6 Å². The van der Waals surface area contributed by atoms with Gasteiger partial charge in [-0.2, -0.15) is 5.10 Å². The molecule has 28 heavy (non-hydrogen) atoms. The number of hydrogen-bond acceptors (Lipinski definition) is 4. The zero-order valence-corrected chi connectivity index (χ0v) is 16.3. The first-order chi connectivity index (χ1) is 13.5. The molecule has 2 aromatic heterocycles. The molecule has 6 nitrogen and oxygen atoms in total. The minimum atomic E-state index is -0.365. The maximum Gasteiger partial charge on any atom is 0.265 e. The van der Waals surface area contributed by atoms with E-state index in [1.807, 2.05) is 31.2 Å². The van der Waals surface area contributed by atoms with Crippen LogP contribution in [0.3, 0.4) is 0 Å². The number of anilines is 2. The van der Waals surface area contributed by atoms with Gasteiger partial charge < -0.3 is 10.6 Å². The summed E-state index contributed by atoms with van der Waals surface area (Å²) in [5.74, 6) is -0.227. The molecule has 0 bridgehead atoms. The van der Waals surface area contributed by atoms with Gasteiger partial charge >= 0.3 is 0 Å². The Morgan fingerprint density at radius 1 is 1.04 bits per heavy atom. The number of hydrogen-bond donors (Lipinski definition) is 3. The normalized spacial score (nSPS) is 10.8. The Balaban J connectivity index is 1.57. The summed E-state index contributed by atoms with van der Waals surface area (Å²) in [6, 6.07) is 16.0. The summed E-state index contributed by atoms with van der Waals surface area (Å²) in [4.78, 5) is 26.3. The molecule has 0 saturated heterocycles. The standard InChI is InChI=1S/C20H15ClN4O2S/c1-11-6-2-5-9-15(11)22-19(27)16-10-13-17(24-25-20(13)28-16)23-18(26)12-7-3-4-8-14(12)21/h2-10H,1H3,(H,22,27)(H2,23,24,25,26). The lowest BCUT2D eigenvalue weighted by Gasteiger charge is -2.06. The third-order valence-electron chi connectivity index (χ3n) is 4.22. The third-order valence-corrected chi connectivity index (χ3v) is 5.59. The van der Waals surface area contributed by atoms with Crippen LogP contribution in [0.5, 0.6) is 0 Å². The zero-order chi connectivity index (χ0) is 19.7. The van der Waals surface area contributed by atoms with Crippen LogP contribution in [0.4, 0.5) is 11.5 Å². The van der Waals surface area contributed by atoms with Gasteiger partial charge in [0.1, 0.15) is 4.83 Å². The van der Waals surface area contributed by atoms with Crippen LogP contribution in [-0.4, -0.2) is 22.0 Å². The fourth-order valence-corrected chi connectivity index (χ4v) is 3.86. The molecular weight excluding hydrogens is 396 g/mol. The molecule has 2 aromatic carbocycles. The number of H-pyrrole nitrogens is 1. The molecule has 140 valence electrons. The van der Waals surface area contributed by atoms with Crippen molar-refractivity contribution in [3.05, 3.63) is 75.6 Å². The van der Waals surface area contributed by atoms with Crippen LogP contribution in [0, 0.1) is 6.92 Å². The van der Waals surface area contributed by atoms with Gasteiger partial charge in [0, 0.05) is 5.69 Å². The number of halogens is 1. The van der Waals surface area contributed by atoms with E-state index in [9.17, 15) is 9.59 Å². The van der Waals surface area contributed by atoms with Crippen LogP contribution in [-0.2, 0) is 0 Å². The van der Waals surface area contributed by atoms with E-state index in [0.717, 1.165) is 11.3 Å². The van der Waals surface area contributed by atoms with Crippen molar-refractivity contribution in [2.45, 2.75) is 6.92 Å². The Bertz CT molecular complexity index is 1200. The van der Waals surface area contributed by atoms with Gasteiger partial charge in [0.05, 0.1) is 20.8 Å². The largest absolute Gasteiger partial charge is 0.321 e. The highest BCUT2D eigenvalue weighted by atomic mass is 35.5. The van der Waals surface area contributed by atoms with Crippen LogP contribution in [0.15, 0.2) is 54.6 Å². The van der Waals surface area contributed by atoms with Gasteiger partial charge in [-0.25, -0.2) is 0 Å². The molecule has 4 rings (SSSR count).